The summed E-state index contributed by atoms with van der Waals surface area (Å²) in [5.41, 5.74) is 0.257. The first-order chi connectivity index (χ1) is 7.59. The van der Waals surface area contributed by atoms with Gasteiger partial charge in [-0.05, 0) is 39.5 Å². The minimum absolute atomic E-state index is 0.257. The summed E-state index contributed by atoms with van der Waals surface area (Å²) in [7, 11) is 0. The molecule has 3 nitrogen and oxygen atoms in total. The van der Waals surface area contributed by atoms with Crippen LogP contribution < -0.4 is 5.32 Å². The van der Waals surface area contributed by atoms with E-state index in [4.69, 9.17) is 4.74 Å². The lowest BCUT2D eigenvalue weighted by Gasteiger charge is -2.41. The van der Waals surface area contributed by atoms with E-state index in [1.807, 2.05) is 0 Å². The van der Waals surface area contributed by atoms with Crippen molar-refractivity contribution in [1.82, 2.24) is 10.2 Å². The molecule has 3 heteroatoms. The first-order valence-electron chi connectivity index (χ1n) is 6.66. The van der Waals surface area contributed by atoms with E-state index in [1.54, 1.807) is 0 Å². The third-order valence-electron chi connectivity index (χ3n) is 4.05. The van der Waals surface area contributed by atoms with E-state index in [2.05, 4.69) is 31.0 Å². The average Bonchev–Trinajstić information content (AvgIpc) is 3.11. The molecule has 2 fully saturated rings. The number of rotatable bonds is 5. The second-order valence-electron chi connectivity index (χ2n) is 5.92. The highest BCUT2D eigenvalue weighted by atomic mass is 16.5. The van der Waals surface area contributed by atoms with Crippen molar-refractivity contribution in [2.24, 2.45) is 5.92 Å². The van der Waals surface area contributed by atoms with Crippen molar-refractivity contribution >= 4 is 0 Å². The molecule has 1 N–H and O–H groups in total. The summed E-state index contributed by atoms with van der Waals surface area (Å²) >= 11 is 0. The number of hydrogen-bond acceptors (Lipinski definition) is 3. The lowest BCUT2D eigenvalue weighted by molar-refractivity contribution is -0.0104. The Bertz CT molecular complexity index is 220. The number of morpholine rings is 1. The summed E-state index contributed by atoms with van der Waals surface area (Å²) < 4.78 is 5.41. The smallest absolute Gasteiger partial charge is 0.0594 e. The molecule has 0 aromatic heterocycles. The molecule has 1 atom stereocenters. The highest BCUT2D eigenvalue weighted by molar-refractivity contribution is 4.89. The molecule has 0 spiro atoms. The summed E-state index contributed by atoms with van der Waals surface area (Å²) in [6, 6.07) is 0.695. The zero-order chi connectivity index (χ0) is 11.6. The zero-order valence-corrected chi connectivity index (χ0v) is 11.0. The maximum absolute atomic E-state index is 5.41. The molecule has 0 radical (unpaired) electrons. The van der Waals surface area contributed by atoms with E-state index >= 15 is 0 Å². The van der Waals surface area contributed by atoms with Crippen LogP contribution in [0.15, 0.2) is 0 Å². The van der Waals surface area contributed by atoms with Gasteiger partial charge in [0.2, 0.25) is 0 Å². The Hall–Kier alpha value is -0.120. The van der Waals surface area contributed by atoms with Gasteiger partial charge in [0, 0.05) is 31.2 Å². The third-order valence-corrected chi connectivity index (χ3v) is 4.05. The Balaban J connectivity index is 1.76. The topological polar surface area (TPSA) is 24.5 Å². The largest absolute Gasteiger partial charge is 0.379 e. The predicted molar refractivity (Wildman–Crippen MR) is 66.7 cm³/mol. The van der Waals surface area contributed by atoms with Crippen molar-refractivity contribution in [3.8, 4) is 0 Å². The van der Waals surface area contributed by atoms with Gasteiger partial charge < -0.3 is 10.1 Å². The molecule has 1 aliphatic carbocycles. The highest BCUT2D eigenvalue weighted by Crippen LogP contribution is 2.32. The van der Waals surface area contributed by atoms with Crippen LogP contribution in [0.4, 0.5) is 0 Å². The summed E-state index contributed by atoms with van der Waals surface area (Å²) in [4.78, 5) is 2.54. The van der Waals surface area contributed by atoms with E-state index in [1.165, 1.54) is 12.8 Å². The van der Waals surface area contributed by atoms with Crippen molar-refractivity contribution in [3.05, 3.63) is 0 Å². The fourth-order valence-corrected chi connectivity index (χ4v) is 2.45. The number of ether oxygens (including phenoxy) is 1. The van der Waals surface area contributed by atoms with Gasteiger partial charge >= 0.3 is 0 Å². The molecule has 2 aliphatic rings. The van der Waals surface area contributed by atoms with Crippen LogP contribution in [0.2, 0.25) is 0 Å². The lowest BCUT2D eigenvalue weighted by atomic mass is 10.0. The molecule has 0 amide bonds. The van der Waals surface area contributed by atoms with Crippen LogP contribution in [0.3, 0.4) is 0 Å². The zero-order valence-electron chi connectivity index (χ0n) is 11.0. The third kappa shape index (κ3) is 3.19. The molecular weight excluding hydrogens is 200 g/mol. The summed E-state index contributed by atoms with van der Waals surface area (Å²) in [5.74, 6) is 0.945. The monoisotopic (exact) mass is 226 g/mol. The van der Waals surface area contributed by atoms with Crippen LogP contribution >= 0.6 is 0 Å². The van der Waals surface area contributed by atoms with E-state index in [-0.39, 0.29) is 5.54 Å². The van der Waals surface area contributed by atoms with E-state index < -0.39 is 0 Å². The van der Waals surface area contributed by atoms with Gasteiger partial charge in [-0.2, -0.15) is 0 Å². The van der Waals surface area contributed by atoms with Gasteiger partial charge in [0.25, 0.3) is 0 Å². The van der Waals surface area contributed by atoms with Crippen LogP contribution in [-0.2, 0) is 4.74 Å². The maximum atomic E-state index is 5.41. The van der Waals surface area contributed by atoms with Crippen LogP contribution in [0.25, 0.3) is 0 Å². The molecule has 1 saturated carbocycles. The van der Waals surface area contributed by atoms with Crippen LogP contribution in [0, 0.1) is 5.92 Å². The number of nitrogens with one attached hydrogen (secondary N) is 1. The van der Waals surface area contributed by atoms with Crippen LogP contribution in [-0.4, -0.2) is 49.3 Å². The second kappa shape index (κ2) is 5.03. The van der Waals surface area contributed by atoms with Crippen LogP contribution in [0.5, 0.6) is 0 Å². The lowest BCUT2D eigenvalue weighted by Crippen LogP contribution is -2.55. The van der Waals surface area contributed by atoms with Gasteiger partial charge in [-0.25, -0.2) is 0 Å². The van der Waals surface area contributed by atoms with Gasteiger partial charge in [0.1, 0.15) is 0 Å². The number of nitrogens with zero attached hydrogens (tertiary/aromatic N) is 1. The average molecular weight is 226 g/mol. The summed E-state index contributed by atoms with van der Waals surface area (Å²) in [6.07, 6.45) is 2.85. The van der Waals surface area contributed by atoms with Gasteiger partial charge in [0.15, 0.2) is 0 Å². The molecular formula is C13H26N2O. The second-order valence-corrected chi connectivity index (χ2v) is 5.92. The van der Waals surface area contributed by atoms with Crippen LogP contribution in [0.1, 0.15) is 33.6 Å². The highest BCUT2D eigenvalue weighted by Gasteiger charge is 2.31. The Morgan fingerprint density at radius 2 is 1.94 bits per heavy atom. The first-order valence-corrected chi connectivity index (χ1v) is 6.66. The van der Waals surface area contributed by atoms with Crippen molar-refractivity contribution < 1.29 is 4.74 Å². The van der Waals surface area contributed by atoms with Crippen molar-refractivity contribution in [1.29, 1.82) is 0 Å². The van der Waals surface area contributed by atoms with Gasteiger partial charge in [-0.15, -0.1) is 0 Å². The number of hydrogen-bond donors (Lipinski definition) is 1. The molecule has 1 saturated heterocycles. The molecule has 0 aromatic carbocycles. The van der Waals surface area contributed by atoms with Crippen molar-refractivity contribution in [3.63, 3.8) is 0 Å². The summed E-state index contributed by atoms with van der Waals surface area (Å²) in [6.45, 7) is 12.0. The van der Waals surface area contributed by atoms with Gasteiger partial charge in [0.05, 0.1) is 13.2 Å². The maximum Gasteiger partial charge on any atom is 0.0594 e. The molecule has 1 aliphatic heterocycles. The van der Waals surface area contributed by atoms with Gasteiger partial charge in [-0.1, -0.05) is 0 Å². The molecule has 1 heterocycles. The predicted octanol–water partition coefficient (Wildman–Crippen LogP) is 1.49. The molecule has 1 unspecified atom stereocenters. The fourth-order valence-electron chi connectivity index (χ4n) is 2.45. The van der Waals surface area contributed by atoms with E-state index in [9.17, 15) is 0 Å². The SMILES string of the molecule is CC(NCC(C)(C)N1CCOCC1)C1CC1. The Morgan fingerprint density at radius 3 is 2.50 bits per heavy atom. The minimum atomic E-state index is 0.257. The van der Waals surface area contributed by atoms with Crippen molar-refractivity contribution in [2.45, 2.75) is 45.2 Å². The first kappa shape index (κ1) is 12.3. The molecule has 16 heavy (non-hydrogen) atoms. The quantitative estimate of drug-likeness (QED) is 0.768. The Morgan fingerprint density at radius 1 is 1.31 bits per heavy atom. The Labute approximate surface area is 99.5 Å². The molecule has 94 valence electrons. The van der Waals surface area contributed by atoms with E-state index in [0.29, 0.717) is 6.04 Å². The Kier molecular flexibility index (Phi) is 3.88. The van der Waals surface area contributed by atoms with E-state index in [0.717, 1.165) is 38.8 Å². The molecule has 0 bridgehead atoms. The standard InChI is InChI=1S/C13H26N2O/c1-11(12-4-5-12)14-10-13(2,3)15-6-8-16-9-7-15/h11-12,14H,4-10H2,1-3H3. The normalized spacial score (nSPS) is 25.7. The minimum Gasteiger partial charge on any atom is -0.379 e. The fraction of sp³-hybridized carbons (Fsp3) is 1.00. The van der Waals surface area contributed by atoms with Crippen molar-refractivity contribution in [2.75, 3.05) is 32.8 Å². The van der Waals surface area contributed by atoms with Gasteiger partial charge in [-0.3, -0.25) is 4.90 Å². The summed E-state index contributed by atoms with van der Waals surface area (Å²) in [5, 5.41) is 3.70. The molecule has 2 rings (SSSR count). The molecule has 0 aromatic rings.